The van der Waals surface area contributed by atoms with Crippen LogP contribution in [0.15, 0.2) is 36.4 Å². The lowest BCUT2D eigenvalue weighted by Crippen LogP contribution is -2.41. The van der Waals surface area contributed by atoms with E-state index in [0.29, 0.717) is 30.1 Å². The van der Waals surface area contributed by atoms with E-state index in [2.05, 4.69) is 5.32 Å². The van der Waals surface area contributed by atoms with Crippen molar-refractivity contribution in [3.05, 3.63) is 47.5 Å². The van der Waals surface area contributed by atoms with E-state index in [1.807, 2.05) is 50.2 Å². The molecule has 1 heterocycles. The number of carbonyl (C=O) groups excluding carboxylic acids is 1. The molecule has 0 spiro atoms. The average molecular weight is 371 g/mol. The summed E-state index contributed by atoms with van der Waals surface area (Å²) in [6, 6.07) is 11.4. The summed E-state index contributed by atoms with van der Waals surface area (Å²) in [5.41, 5.74) is 1.46. The molecule has 2 aromatic carbocycles. The lowest BCUT2D eigenvalue weighted by Gasteiger charge is -2.27. The third-order valence-electron chi connectivity index (χ3n) is 4.63. The first kappa shape index (κ1) is 18.9. The number of aryl methyl sites for hydroxylation is 1. The molecule has 1 aliphatic heterocycles. The summed E-state index contributed by atoms with van der Waals surface area (Å²) in [4.78, 5) is 12.5. The SMILES string of the molecule is COc1ccc(CCC(=O)NC(C)(C)c2ccc3c(c2)OCO3)cc1OC. The Morgan fingerprint density at radius 1 is 1.04 bits per heavy atom. The molecule has 1 aliphatic rings. The lowest BCUT2D eigenvalue weighted by molar-refractivity contribution is -0.122. The summed E-state index contributed by atoms with van der Waals surface area (Å²) in [6.07, 6.45) is 0.993. The van der Waals surface area contributed by atoms with Crippen LogP contribution in [0.2, 0.25) is 0 Å². The Balaban J connectivity index is 1.61. The third-order valence-corrected chi connectivity index (χ3v) is 4.63. The van der Waals surface area contributed by atoms with Gasteiger partial charge in [0, 0.05) is 6.42 Å². The van der Waals surface area contributed by atoms with Gasteiger partial charge in [0.15, 0.2) is 23.0 Å². The molecule has 144 valence electrons. The fourth-order valence-corrected chi connectivity index (χ4v) is 3.06. The summed E-state index contributed by atoms with van der Waals surface area (Å²) in [5.74, 6) is 2.76. The average Bonchev–Trinajstić information content (AvgIpc) is 3.13. The number of benzene rings is 2. The van der Waals surface area contributed by atoms with E-state index in [-0.39, 0.29) is 12.7 Å². The van der Waals surface area contributed by atoms with Crippen LogP contribution in [0.3, 0.4) is 0 Å². The van der Waals surface area contributed by atoms with Crippen molar-refractivity contribution < 1.29 is 23.7 Å². The van der Waals surface area contributed by atoms with E-state index < -0.39 is 5.54 Å². The fourth-order valence-electron chi connectivity index (χ4n) is 3.06. The molecule has 0 fully saturated rings. The maximum Gasteiger partial charge on any atom is 0.231 e. The molecule has 3 rings (SSSR count). The second-order valence-electron chi connectivity index (χ2n) is 6.93. The molecule has 0 aromatic heterocycles. The number of amides is 1. The summed E-state index contributed by atoms with van der Waals surface area (Å²) < 4.78 is 21.3. The largest absolute Gasteiger partial charge is 0.493 e. The highest BCUT2D eigenvalue weighted by Crippen LogP contribution is 2.35. The third kappa shape index (κ3) is 4.27. The zero-order chi connectivity index (χ0) is 19.4. The van der Waals surface area contributed by atoms with Gasteiger partial charge in [0.25, 0.3) is 0 Å². The maximum atomic E-state index is 12.5. The molecule has 1 N–H and O–H groups in total. The first-order valence-corrected chi connectivity index (χ1v) is 8.85. The monoisotopic (exact) mass is 371 g/mol. The summed E-state index contributed by atoms with van der Waals surface area (Å²) >= 11 is 0. The number of hydrogen-bond acceptors (Lipinski definition) is 5. The molecule has 0 bridgehead atoms. The van der Waals surface area contributed by atoms with Gasteiger partial charge in [-0.15, -0.1) is 0 Å². The molecule has 0 unspecified atom stereocenters. The predicted molar refractivity (Wildman–Crippen MR) is 102 cm³/mol. The Hall–Kier alpha value is -2.89. The van der Waals surface area contributed by atoms with Gasteiger partial charge in [-0.05, 0) is 55.7 Å². The second-order valence-corrected chi connectivity index (χ2v) is 6.93. The van der Waals surface area contributed by atoms with E-state index in [0.717, 1.165) is 16.9 Å². The van der Waals surface area contributed by atoms with Crippen molar-refractivity contribution in [3.63, 3.8) is 0 Å². The van der Waals surface area contributed by atoms with Crippen LogP contribution in [0.4, 0.5) is 0 Å². The lowest BCUT2D eigenvalue weighted by atomic mass is 9.93. The van der Waals surface area contributed by atoms with Crippen LogP contribution in [0.1, 0.15) is 31.4 Å². The minimum atomic E-state index is -0.518. The van der Waals surface area contributed by atoms with E-state index in [4.69, 9.17) is 18.9 Å². The number of hydrogen-bond donors (Lipinski definition) is 1. The van der Waals surface area contributed by atoms with Crippen LogP contribution in [0.25, 0.3) is 0 Å². The number of ether oxygens (including phenoxy) is 4. The number of rotatable bonds is 7. The fraction of sp³-hybridized carbons (Fsp3) is 0.381. The van der Waals surface area contributed by atoms with Crippen molar-refractivity contribution in [2.45, 2.75) is 32.2 Å². The van der Waals surface area contributed by atoms with Gasteiger partial charge in [-0.3, -0.25) is 4.79 Å². The van der Waals surface area contributed by atoms with E-state index >= 15 is 0 Å². The van der Waals surface area contributed by atoms with Gasteiger partial charge in [0.05, 0.1) is 19.8 Å². The van der Waals surface area contributed by atoms with Gasteiger partial charge < -0.3 is 24.3 Å². The Labute approximate surface area is 159 Å². The Kier molecular flexibility index (Phi) is 5.44. The number of carbonyl (C=O) groups is 1. The van der Waals surface area contributed by atoms with Crippen LogP contribution >= 0.6 is 0 Å². The van der Waals surface area contributed by atoms with Gasteiger partial charge in [0.1, 0.15) is 0 Å². The van der Waals surface area contributed by atoms with Crippen molar-refractivity contribution in [1.29, 1.82) is 0 Å². The van der Waals surface area contributed by atoms with E-state index in [1.165, 1.54) is 0 Å². The van der Waals surface area contributed by atoms with Gasteiger partial charge in [-0.2, -0.15) is 0 Å². The van der Waals surface area contributed by atoms with Crippen LogP contribution in [0.5, 0.6) is 23.0 Å². The van der Waals surface area contributed by atoms with Crippen LogP contribution in [-0.4, -0.2) is 26.9 Å². The normalized spacial score (nSPS) is 12.6. The zero-order valence-corrected chi connectivity index (χ0v) is 16.1. The van der Waals surface area contributed by atoms with Crippen LogP contribution in [0, 0.1) is 0 Å². The predicted octanol–water partition coefficient (Wildman–Crippen LogP) is 3.42. The molecule has 27 heavy (non-hydrogen) atoms. The van der Waals surface area contributed by atoms with E-state index in [1.54, 1.807) is 14.2 Å². The van der Waals surface area contributed by atoms with Crippen molar-refractivity contribution >= 4 is 5.91 Å². The van der Waals surface area contributed by atoms with Gasteiger partial charge in [-0.1, -0.05) is 12.1 Å². The molecule has 0 radical (unpaired) electrons. The first-order valence-electron chi connectivity index (χ1n) is 8.85. The number of nitrogens with one attached hydrogen (secondary N) is 1. The molecule has 0 saturated heterocycles. The second kappa shape index (κ2) is 7.78. The topological polar surface area (TPSA) is 66.0 Å². The van der Waals surface area contributed by atoms with E-state index in [9.17, 15) is 4.79 Å². The minimum Gasteiger partial charge on any atom is -0.493 e. The van der Waals surface area contributed by atoms with Crippen molar-refractivity contribution in [1.82, 2.24) is 5.32 Å². The van der Waals surface area contributed by atoms with Crippen molar-refractivity contribution in [2.75, 3.05) is 21.0 Å². The summed E-state index contributed by atoms with van der Waals surface area (Å²) in [5, 5.41) is 3.09. The molecule has 1 amide bonds. The minimum absolute atomic E-state index is 0.0209. The summed E-state index contributed by atoms with van der Waals surface area (Å²) in [7, 11) is 3.20. The van der Waals surface area contributed by atoms with Crippen molar-refractivity contribution in [3.8, 4) is 23.0 Å². The molecule has 2 aromatic rings. The van der Waals surface area contributed by atoms with Crippen LogP contribution in [-0.2, 0) is 16.8 Å². The van der Waals surface area contributed by atoms with Crippen LogP contribution < -0.4 is 24.3 Å². The van der Waals surface area contributed by atoms with Gasteiger partial charge >= 0.3 is 0 Å². The van der Waals surface area contributed by atoms with Gasteiger partial charge in [-0.25, -0.2) is 0 Å². The smallest absolute Gasteiger partial charge is 0.231 e. The quantitative estimate of drug-likeness (QED) is 0.808. The number of methoxy groups -OCH3 is 2. The first-order chi connectivity index (χ1) is 12.9. The van der Waals surface area contributed by atoms with Gasteiger partial charge in [0.2, 0.25) is 12.7 Å². The summed E-state index contributed by atoms with van der Waals surface area (Å²) in [6.45, 7) is 4.18. The Morgan fingerprint density at radius 3 is 2.52 bits per heavy atom. The maximum absolute atomic E-state index is 12.5. The molecular formula is C21H25NO5. The molecule has 0 atom stereocenters. The molecule has 0 saturated carbocycles. The Morgan fingerprint density at radius 2 is 1.78 bits per heavy atom. The molecule has 0 aliphatic carbocycles. The highest BCUT2D eigenvalue weighted by atomic mass is 16.7. The molecular weight excluding hydrogens is 346 g/mol. The number of fused-ring (bicyclic) bond motifs is 1. The molecule has 6 nitrogen and oxygen atoms in total. The zero-order valence-electron chi connectivity index (χ0n) is 16.1. The van der Waals surface area contributed by atoms with Crippen molar-refractivity contribution in [2.24, 2.45) is 0 Å². The highest BCUT2D eigenvalue weighted by molar-refractivity contribution is 5.77. The standard InChI is InChI=1S/C21H25NO5/c1-21(2,15-7-9-17-19(12-15)27-13-26-17)22-20(23)10-6-14-5-8-16(24-3)18(11-14)25-4/h5,7-9,11-12H,6,10,13H2,1-4H3,(H,22,23). The Bertz CT molecular complexity index is 831. The highest BCUT2D eigenvalue weighted by Gasteiger charge is 2.25. The molecule has 6 heteroatoms.